The number of nitrogens with zero attached hydrogens (tertiary/aromatic N) is 2. The number of anilines is 1. The third-order valence-corrected chi connectivity index (χ3v) is 10.2. The molecule has 0 amide bonds. The van der Waals surface area contributed by atoms with E-state index in [4.69, 9.17) is 16.3 Å². The van der Waals surface area contributed by atoms with Gasteiger partial charge in [-0.1, -0.05) is 34.7 Å². The molecule has 1 aromatic heterocycles. The van der Waals surface area contributed by atoms with Gasteiger partial charge in [0.2, 0.25) is 5.52 Å². The van der Waals surface area contributed by atoms with Crippen molar-refractivity contribution in [2.24, 2.45) is 0 Å². The lowest BCUT2D eigenvalue weighted by molar-refractivity contribution is -0.668. The summed E-state index contributed by atoms with van der Waals surface area (Å²) in [6.45, 7) is 4.60. The van der Waals surface area contributed by atoms with E-state index in [2.05, 4.69) is 0 Å². The molecule has 2 heterocycles. The number of hydrogen-bond donors (Lipinski definition) is 1. The van der Waals surface area contributed by atoms with E-state index in [1.54, 1.807) is 13.2 Å². The van der Waals surface area contributed by atoms with Crippen LogP contribution in [0.5, 0.6) is 5.75 Å². The van der Waals surface area contributed by atoms with Gasteiger partial charge in [-0.15, -0.1) is 0 Å². The van der Waals surface area contributed by atoms with Gasteiger partial charge in [-0.2, -0.15) is 13.0 Å². The minimum absolute atomic E-state index is 0.182. The number of aryl methyl sites for hydroxylation is 2. The molecule has 2 aromatic carbocycles. The Hall–Kier alpha value is -2.13. The average Bonchev–Trinajstić information content (AvgIpc) is 3.33. The predicted molar refractivity (Wildman–Crippen MR) is 160 cm³/mol. The number of hydrogen-bond acceptors (Lipinski definition) is 9. The van der Waals surface area contributed by atoms with Crippen LogP contribution in [0.4, 0.5) is 5.69 Å². The van der Waals surface area contributed by atoms with E-state index in [1.807, 2.05) is 59.7 Å². The summed E-state index contributed by atoms with van der Waals surface area (Å²) in [6, 6.07) is 9.49. The zero-order valence-corrected chi connectivity index (χ0v) is 26.1. The number of benzene rings is 2. The van der Waals surface area contributed by atoms with Gasteiger partial charge in [-0.05, 0) is 55.7 Å². The highest BCUT2D eigenvalue weighted by molar-refractivity contribution is 8.03. The van der Waals surface area contributed by atoms with Gasteiger partial charge in [-0.25, -0.2) is 8.42 Å². The highest BCUT2D eigenvalue weighted by Crippen LogP contribution is 2.47. The summed E-state index contributed by atoms with van der Waals surface area (Å²) >= 11 is 9.31. The van der Waals surface area contributed by atoms with Crippen LogP contribution in [0.1, 0.15) is 30.3 Å². The van der Waals surface area contributed by atoms with Crippen molar-refractivity contribution in [3.05, 3.63) is 62.6 Å². The highest BCUT2D eigenvalue weighted by Gasteiger charge is 2.26. The molecule has 14 heteroatoms. The summed E-state index contributed by atoms with van der Waals surface area (Å²) in [5.74, 6) is -0.0541. The third-order valence-electron chi connectivity index (χ3n) is 6.20. The summed E-state index contributed by atoms with van der Waals surface area (Å²) in [6.07, 6.45) is 4.40. The van der Waals surface area contributed by atoms with E-state index in [1.165, 1.54) is 23.1 Å². The molecular weight excluding hydrogens is 616 g/mol. The number of ether oxygens (including phenoxy) is 1. The summed E-state index contributed by atoms with van der Waals surface area (Å²) < 4.78 is 73.9. The van der Waals surface area contributed by atoms with Crippen LogP contribution in [0.2, 0.25) is 5.02 Å². The van der Waals surface area contributed by atoms with Crippen molar-refractivity contribution < 1.29 is 35.2 Å². The van der Waals surface area contributed by atoms with Crippen LogP contribution in [0.25, 0.3) is 16.3 Å². The molecule has 0 saturated carbocycles. The van der Waals surface area contributed by atoms with Gasteiger partial charge in [-0.3, -0.25) is 4.55 Å². The Bertz CT molecular complexity index is 1710. The molecule has 1 aliphatic heterocycles. The predicted octanol–water partition coefficient (Wildman–Crippen LogP) is 5.23. The molecule has 0 aliphatic carbocycles. The monoisotopic (exact) mass is 644 g/mol. The molecule has 4 rings (SSSR count). The maximum Gasteiger partial charge on any atom is 0.264 e. The summed E-state index contributed by atoms with van der Waals surface area (Å²) in [4.78, 5) is 2.97. The van der Waals surface area contributed by atoms with E-state index in [9.17, 15) is 25.9 Å². The van der Waals surface area contributed by atoms with Crippen LogP contribution in [0.15, 0.2) is 51.9 Å². The van der Waals surface area contributed by atoms with E-state index in [0.717, 1.165) is 47.7 Å². The van der Waals surface area contributed by atoms with Gasteiger partial charge >= 0.3 is 0 Å². The van der Waals surface area contributed by atoms with Crippen molar-refractivity contribution in [2.75, 3.05) is 30.1 Å². The van der Waals surface area contributed by atoms with Gasteiger partial charge in [0.25, 0.3) is 15.1 Å². The Labute approximate surface area is 247 Å². The first-order chi connectivity index (χ1) is 18.7. The van der Waals surface area contributed by atoms with Gasteiger partial charge in [0.15, 0.2) is 6.54 Å². The first-order valence-electron chi connectivity index (χ1n) is 12.3. The molecule has 0 radical (unpaired) electrons. The molecule has 40 heavy (non-hydrogen) atoms. The van der Waals surface area contributed by atoms with E-state index < -0.39 is 26.0 Å². The van der Waals surface area contributed by atoms with Gasteiger partial charge < -0.3 is 14.2 Å². The number of fused-ring (bicyclic) bond motifs is 2. The van der Waals surface area contributed by atoms with E-state index in [-0.39, 0.29) is 18.6 Å². The Morgan fingerprint density at radius 1 is 1.18 bits per heavy atom. The Morgan fingerprint density at radius 2 is 1.93 bits per heavy atom. The number of allylic oxidation sites excluding steroid dienone is 2. The van der Waals surface area contributed by atoms with Crippen molar-refractivity contribution in [2.45, 2.75) is 38.1 Å². The van der Waals surface area contributed by atoms with Crippen LogP contribution in [0, 0.1) is 6.92 Å². The largest absolute Gasteiger partial charge is 0.748 e. The lowest BCUT2D eigenvalue weighted by Crippen LogP contribution is -2.36. The lowest BCUT2D eigenvalue weighted by Gasteiger charge is -2.20. The van der Waals surface area contributed by atoms with E-state index in [0.29, 0.717) is 18.1 Å². The normalized spacial score (nSPS) is 15.3. The summed E-state index contributed by atoms with van der Waals surface area (Å²) in [5.41, 5.74) is 3.63. The standard InChI is InChI=1S/C26H29ClN2O7S4/c1-17(12-25-29(9-5-11-40(33,34)35)21-15-19(27)6-7-23(21)37-25)13-26-28(8-4-10-39(30,31)32)20-14-18(2)22(36-3)16-24(20)38-26/h6-7,12-16H,4-5,8-11H2,1-3H3,(H-,30,31,32,33,34,35). The number of methoxy groups -OCH3 is 1. The maximum absolute atomic E-state index is 11.3. The molecule has 3 aromatic rings. The van der Waals surface area contributed by atoms with Gasteiger partial charge in [0.1, 0.15) is 10.4 Å². The van der Waals surface area contributed by atoms with Crippen LogP contribution >= 0.6 is 34.7 Å². The van der Waals surface area contributed by atoms with Crippen molar-refractivity contribution in [3.63, 3.8) is 0 Å². The maximum atomic E-state index is 11.3. The minimum atomic E-state index is -4.33. The Kier molecular flexibility index (Phi) is 9.55. The number of rotatable bonds is 11. The first kappa shape index (κ1) is 30.8. The zero-order chi connectivity index (χ0) is 29.2. The summed E-state index contributed by atoms with van der Waals surface area (Å²) in [7, 11) is -6.80. The number of halogens is 1. The topological polar surface area (TPSA) is 128 Å². The van der Waals surface area contributed by atoms with Crippen LogP contribution in [0.3, 0.4) is 0 Å². The second kappa shape index (κ2) is 12.4. The fourth-order valence-electron chi connectivity index (χ4n) is 4.44. The average molecular weight is 645 g/mol. The lowest BCUT2D eigenvalue weighted by atomic mass is 10.2. The molecular formula is C26H29ClN2O7S4. The molecule has 1 aliphatic rings. The van der Waals surface area contributed by atoms with Gasteiger partial charge in [0, 0.05) is 46.8 Å². The molecule has 0 saturated heterocycles. The molecule has 0 atom stereocenters. The van der Waals surface area contributed by atoms with Crippen molar-refractivity contribution in [1.29, 1.82) is 0 Å². The van der Waals surface area contributed by atoms with Crippen molar-refractivity contribution in [3.8, 4) is 5.75 Å². The quantitative estimate of drug-likeness (QED) is 0.220. The fraction of sp³-hybridized carbons (Fsp3) is 0.346. The fourth-order valence-corrected chi connectivity index (χ4v) is 7.97. The smallest absolute Gasteiger partial charge is 0.264 e. The molecule has 0 spiro atoms. The molecule has 0 unspecified atom stereocenters. The highest BCUT2D eigenvalue weighted by atomic mass is 35.5. The Balaban J connectivity index is 1.71. The minimum Gasteiger partial charge on any atom is -0.748 e. The molecule has 216 valence electrons. The van der Waals surface area contributed by atoms with Gasteiger partial charge in [0.05, 0.1) is 33.7 Å². The second-order valence-corrected chi connectivity index (χ2v) is 15.0. The van der Waals surface area contributed by atoms with Crippen molar-refractivity contribution in [1.82, 2.24) is 0 Å². The molecule has 1 N–H and O–H groups in total. The second-order valence-electron chi connectivity index (χ2n) is 9.37. The zero-order valence-electron chi connectivity index (χ0n) is 22.1. The molecule has 9 nitrogen and oxygen atoms in total. The number of thioether (sulfide) groups is 1. The van der Waals surface area contributed by atoms with Crippen LogP contribution in [-0.2, 0) is 26.8 Å². The summed E-state index contributed by atoms with van der Waals surface area (Å²) in [5, 5.41) is 2.32. The van der Waals surface area contributed by atoms with E-state index >= 15 is 0 Å². The number of thiazole rings is 1. The molecule has 0 fully saturated rings. The SMILES string of the molecule is COc1cc2sc(/C=C(C)\C=C3\Sc4ccc(Cl)cc4N3CCCS(=O)(=O)O)[n+](CCCS(=O)(=O)[O-])c2cc1C. The molecule has 0 bridgehead atoms. The Morgan fingerprint density at radius 3 is 2.60 bits per heavy atom. The first-order valence-corrected chi connectivity index (χ1v) is 17.5. The van der Waals surface area contributed by atoms with Crippen LogP contribution in [-0.4, -0.2) is 51.1 Å². The number of aromatic nitrogens is 1. The van der Waals surface area contributed by atoms with Crippen molar-refractivity contribution >= 4 is 76.9 Å². The van der Waals surface area contributed by atoms with Crippen LogP contribution < -0.4 is 14.2 Å². The third kappa shape index (κ3) is 7.78.